The third kappa shape index (κ3) is 4.42. The van der Waals surface area contributed by atoms with Crippen LogP contribution in [0.15, 0.2) is 24.3 Å². The maximum Gasteiger partial charge on any atom is 0.416 e. The Morgan fingerprint density at radius 1 is 1.39 bits per heavy atom. The molecular weight excluding hydrogens is 273 g/mol. The van der Waals surface area contributed by atoms with E-state index >= 15 is 0 Å². The molecule has 1 aromatic carbocycles. The summed E-state index contributed by atoms with van der Waals surface area (Å²) in [6.45, 7) is -0.149. The topological polar surface area (TPSA) is 78.3 Å². The highest BCUT2D eigenvalue weighted by atomic mass is 35.5. The van der Waals surface area contributed by atoms with Crippen molar-refractivity contribution in [2.45, 2.75) is 12.3 Å². The number of hydrogen-bond donors (Lipinski definition) is 2. The second kappa shape index (κ2) is 6.46. The van der Waals surface area contributed by atoms with Gasteiger partial charge in [0.25, 0.3) is 0 Å². The molecule has 0 bridgehead atoms. The molecule has 18 heavy (non-hydrogen) atoms. The van der Waals surface area contributed by atoms with Gasteiger partial charge in [-0.3, -0.25) is 0 Å². The summed E-state index contributed by atoms with van der Waals surface area (Å²) < 4.78 is 41.9. The highest BCUT2D eigenvalue weighted by Crippen LogP contribution is 2.31. The zero-order valence-electron chi connectivity index (χ0n) is 9.11. The fourth-order valence-corrected chi connectivity index (χ4v) is 1.31. The Bertz CT molecular complexity index is 412. The number of ether oxygens (including phenoxy) is 1. The quantitative estimate of drug-likeness (QED) is 0.893. The number of amides is 1. The van der Waals surface area contributed by atoms with Gasteiger partial charge in [0.1, 0.15) is 6.10 Å². The second-order valence-electron chi connectivity index (χ2n) is 3.28. The molecule has 0 aliphatic rings. The lowest BCUT2D eigenvalue weighted by Gasteiger charge is -2.16. The van der Waals surface area contributed by atoms with Gasteiger partial charge in [-0.25, -0.2) is 4.79 Å². The minimum atomic E-state index is -4.46. The van der Waals surface area contributed by atoms with Crippen LogP contribution in [0.2, 0.25) is 0 Å². The van der Waals surface area contributed by atoms with Crippen molar-refractivity contribution in [3.05, 3.63) is 35.4 Å². The van der Waals surface area contributed by atoms with Gasteiger partial charge in [-0.2, -0.15) is 13.2 Å². The molecule has 1 amide bonds. The summed E-state index contributed by atoms with van der Waals surface area (Å²) in [6.07, 6.45) is -6.52. The third-order valence-corrected chi connectivity index (χ3v) is 2.06. The average Bonchev–Trinajstić information content (AvgIpc) is 2.24. The maximum absolute atomic E-state index is 12.4. The van der Waals surface area contributed by atoms with Gasteiger partial charge in [-0.1, -0.05) is 12.1 Å². The molecule has 0 heterocycles. The van der Waals surface area contributed by atoms with E-state index in [-0.39, 0.29) is 24.5 Å². The first-order valence-corrected chi connectivity index (χ1v) is 4.68. The summed E-state index contributed by atoms with van der Waals surface area (Å²) in [5, 5.41) is 0. The SMILES string of the molecule is Cl.NCC(OC(N)=O)c1cccc(C(F)(F)F)c1. The van der Waals surface area contributed by atoms with Crippen LogP contribution in [0.25, 0.3) is 0 Å². The van der Waals surface area contributed by atoms with Gasteiger partial charge < -0.3 is 16.2 Å². The lowest BCUT2D eigenvalue weighted by Crippen LogP contribution is -2.23. The molecule has 1 aromatic rings. The molecule has 4 nitrogen and oxygen atoms in total. The van der Waals surface area contributed by atoms with Gasteiger partial charge in [-0.05, 0) is 17.7 Å². The largest absolute Gasteiger partial charge is 0.440 e. The van der Waals surface area contributed by atoms with E-state index in [4.69, 9.17) is 11.5 Å². The van der Waals surface area contributed by atoms with Gasteiger partial charge in [0.05, 0.1) is 5.56 Å². The minimum absolute atomic E-state index is 0. The fraction of sp³-hybridized carbons (Fsp3) is 0.300. The number of alkyl halides is 3. The van der Waals surface area contributed by atoms with Crippen LogP contribution in [0, 0.1) is 0 Å². The molecule has 1 rings (SSSR count). The lowest BCUT2D eigenvalue weighted by molar-refractivity contribution is -0.137. The predicted octanol–water partition coefficient (Wildman–Crippen LogP) is 2.22. The monoisotopic (exact) mass is 284 g/mol. The van der Waals surface area contributed by atoms with E-state index in [1.54, 1.807) is 0 Å². The summed E-state index contributed by atoms with van der Waals surface area (Å²) in [5.74, 6) is 0. The number of nitrogens with two attached hydrogens (primary N) is 2. The Labute approximate surface area is 107 Å². The first-order chi connectivity index (χ1) is 7.84. The van der Waals surface area contributed by atoms with Crippen molar-refractivity contribution in [2.24, 2.45) is 11.5 Å². The molecule has 0 aliphatic heterocycles. The smallest absolute Gasteiger partial charge is 0.416 e. The highest BCUT2D eigenvalue weighted by molar-refractivity contribution is 5.85. The van der Waals surface area contributed by atoms with E-state index in [9.17, 15) is 18.0 Å². The van der Waals surface area contributed by atoms with E-state index in [0.29, 0.717) is 0 Å². The molecule has 8 heteroatoms. The molecule has 1 atom stereocenters. The van der Waals surface area contributed by atoms with Gasteiger partial charge in [-0.15, -0.1) is 12.4 Å². The Balaban J connectivity index is 0.00000289. The minimum Gasteiger partial charge on any atom is -0.440 e. The molecule has 0 radical (unpaired) electrons. The second-order valence-corrected chi connectivity index (χ2v) is 3.28. The molecular formula is C10H12ClF3N2O2. The zero-order valence-corrected chi connectivity index (χ0v) is 9.92. The van der Waals surface area contributed by atoms with Crippen LogP contribution in [0.1, 0.15) is 17.2 Å². The van der Waals surface area contributed by atoms with Crippen LogP contribution in [-0.4, -0.2) is 12.6 Å². The number of carbonyl (C=O) groups excluding carboxylic acids is 1. The van der Waals surface area contributed by atoms with Crippen molar-refractivity contribution in [1.82, 2.24) is 0 Å². The summed E-state index contributed by atoms with van der Waals surface area (Å²) in [7, 11) is 0. The number of carbonyl (C=O) groups is 1. The fourth-order valence-electron chi connectivity index (χ4n) is 1.31. The van der Waals surface area contributed by atoms with Crippen LogP contribution in [-0.2, 0) is 10.9 Å². The van der Waals surface area contributed by atoms with Crippen LogP contribution in [0.5, 0.6) is 0 Å². The lowest BCUT2D eigenvalue weighted by atomic mass is 10.1. The molecule has 0 aromatic heterocycles. The Kier molecular flexibility index (Phi) is 5.93. The van der Waals surface area contributed by atoms with Gasteiger partial charge in [0.15, 0.2) is 0 Å². The summed E-state index contributed by atoms with van der Waals surface area (Å²) in [5.41, 5.74) is 9.41. The Morgan fingerprint density at radius 2 is 2.00 bits per heavy atom. The van der Waals surface area contributed by atoms with Gasteiger partial charge in [0.2, 0.25) is 0 Å². The Hall–Kier alpha value is -1.47. The first-order valence-electron chi connectivity index (χ1n) is 4.68. The van der Waals surface area contributed by atoms with Crippen LogP contribution < -0.4 is 11.5 Å². The van der Waals surface area contributed by atoms with Crippen LogP contribution in [0.4, 0.5) is 18.0 Å². The molecule has 0 saturated heterocycles. The molecule has 102 valence electrons. The Morgan fingerprint density at radius 3 is 2.44 bits per heavy atom. The molecule has 0 saturated carbocycles. The van der Waals surface area contributed by atoms with E-state index in [2.05, 4.69) is 4.74 Å². The van der Waals surface area contributed by atoms with Crippen molar-refractivity contribution in [1.29, 1.82) is 0 Å². The van der Waals surface area contributed by atoms with Crippen molar-refractivity contribution in [3.63, 3.8) is 0 Å². The number of halogens is 4. The molecule has 0 spiro atoms. The average molecular weight is 285 g/mol. The van der Waals surface area contributed by atoms with Crippen LogP contribution in [0.3, 0.4) is 0 Å². The number of hydrogen-bond acceptors (Lipinski definition) is 3. The zero-order chi connectivity index (χ0) is 13.1. The molecule has 4 N–H and O–H groups in total. The van der Waals surface area contributed by atoms with Crippen molar-refractivity contribution in [2.75, 3.05) is 6.54 Å². The number of primary amides is 1. The third-order valence-electron chi connectivity index (χ3n) is 2.06. The summed E-state index contributed by atoms with van der Waals surface area (Å²) in [6, 6.07) is 4.39. The number of benzene rings is 1. The number of rotatable bonds is 3. The summed E-state index contributed by atoms with van der Waals surface area (Å²) >= 11 is 0. The normalized spacial score (nSPS) is 12.4. The summed E-state index contributed by atoms with van der Waals surface area (Å²) in [4.78, 5) is 10.5. The van der Waals surface area contributed by atoms with Gasteiger partial charge in [0, 0.05) is 6.54 Å². The standard InChI is InChI=1S/C10H11F3N2O2.ClH/c11-10(12,13)7-3-1-2-6(4-7)8(5-14)17-9(15)16;/h1-4,8H,5,14H2,(H2,15,16);1H. The molecule has 1 unspecified atom stereocenters. The first kappa shape index (κ1) is 16.5. The van der Waals surface area contributed by atoms with Crippen LogP contribution >= 0.6 is 12.4 Å². The van der Waals surface area contributed by atoms with Crippen molar-refractivity contribution in [3.8, 4) is 0 Å². The van der Waals surface area contributed by atoms with Crippen molar-refractivity contribution >= 4 is 18.5 Å². The van der Waals surface area contributed by atoms with E-state index in [0.717, 1.165) is 12.1 Å². The maximum atomic E-state index is 12.4. The van der Waals surface area contributed by atoms with E-state index in [1.807, 2.05) is 0 Å². The molecule has 0 fully saturated rings. The van der Waals surface area contributed by atoms with Crippen molar-refractivity contribution < 1.29 is 22.7 Å². The highest BCUT2D eigenvalue weighted by Gasteiger charge is 2.31. The molecule has 0 aliphatic carbocycles. The van der Waals surface area contributed by atoms with E-state index < -0.39 is 23.9 Å². The predicted molar refractivity (Wildman–Crippen MR) is 61.2 cm³/mol. The van der Waals surface area contributed by atoms with E-state index in [1.165, 1.54) is 12.1 Å². The van der Waals surface area contributed by atoms with Gasteiger partial charge >= 0.3 is 12.3 Å².